The number of nitrogens with zero attached hydrogens (tertiary/aromatic N) is 1. The molecule has 0 aliphatic carbocycles. The van der Waals surface area contributed by atoms with Gasteiger partial charge in [-0.1, -0.05) is 0 Å². The van der Waals surface area contributed by atoms with Crippen molar-refractivity contribution in [3.8, 4) is 0 Å². The molecule has 1 aromatic heterocycles. The molecule has 2 aromatic rings. The number of benzene rings is 1. The Morgan fingerprint density at radius 2 is 2.18 bits per heavy atom. The first-order valence-corrected chi connectivity index (χ1v) is 8.07. The molecule has 1 unspecified atom stereocenters. The van der Waals surface area contributed by atoms with Crippen LogP contribution in [0.25, 0.3) is 10.9 Å². The summed E-state index contributed by atoms with van der Waals surface area (Å²) in [5, 5.41) is 0.959. The minimum absolute atomic E-state index is 0.119. The minimum atomic E-state index is -3.37. The van der Waals surface area contributed by atoms with Crippen LogP contribution in [0.2, 0.25) is 0 Å². The standard InChI is InChI=1S/C8H8N2O4S3/c1-17(13,14)10-8-6-3-2-5(16(11)12)4-7(6)9-15-8/h2-4,10H,1H3,(H,11,12)/p-1. The maximum Gasteiger partial charge on any atom is 0.230 e. The van der Waals surface area contributed by atoms with Crippen LogP contribution in [0, 0.1) is 0 Å². The highest BCUT2D eigenvalue weighted by atomic mass is 32.2. The minimum Gasteiger partial charge on any atom is -0.768 e. The molecule has 1 atom stereocenters. The van der Waals surface area contributed by atoms with Crippen LogP contribution in [0.1, 0.15) is 0 Å². The Kier molecular flexibility index (Phi) is 3.17. The molecule has 0 aliphatic heterocycles. The van der Waals surface area contributed by atoms with Crippen molar-refractivity contribution in [1.29, 1.82) is 0 Å². The molecule has 6 nitrogen and oxygen atoms in total. The van der Waals surface area contributed by atoms with Gasteiger partial charge in [0.25, 0.3) is 0 Å². The molecule has 9 heteroatoms. The summed E-state index contributed by atoms with van der Waals surface area (Å²) in [6.07, 6.45) is 1.04. The summed E-state index contributed by atoms with van der Waals surface area (Å²) in [6, 6.07) is 4.31. The van der Waals surface area contributed by atoms with Crippen molar-refractivity contribution in [3.05, 3.63) is 18.2 Å². The third-order valence-electron chi connectivity index (χ3n) is 1.92. The largest absolute Gasteiger partial charge is 0.768 e. The van der Waals surface area contributed by atoms with Gasteiger partial charge in [0.2, 0.25) is 10.0 Å². The van der Waals surface area contributed by atoms with Gasteiger partial charge in [-0.15, -0.1) is 0 Å². The number of sulfonamides is 1. The normalized spacial score (nSPS) is 13.8. The van der Waals surface area contributed by atoms with Crippen LogP contribution in [-0.2, 0) is 21.1 Å². The Balaban J connectivity index is 2.52. The first-order chi connectivity index (χ1) is 7.87. The van der Waals surface area contributed by atoms with Crippen LogP contribution in [0.15, 0.2) is 23.1 Å². The lowest BCUT2D eigenvalue weighted by atomic mass is 10.2. The van der Waals surface area contributed by atoms with Crippen LogP contribution in [0.3, 0.4) is 0 Å². The van der Waals surface area contributed by atoms with E-state index in [9.17, 15) is 17.2 Å². The Bertz CT molecular complexity index is 692. The van der Waals surface area contributed by atoms with Gasteiger partial charge in [0.1, 0.15) is 5.00 Å². The average molecular weight is 291 g/mol. The third-order valence-corrected chi connectivity index (χ3v) is 4.06. The zero-order valence-corrected chi connectivity index (χ0v) is 11.0. The van der Waals surface area contributed by atoms with Gasteiger partial charge in [0, 0.05) is 10.3 Å². The molecule has 0 saturated carbocycles. The van der Waals surface area contributed by atoms with Crippen molar-refractivity contribution in [1.82, 2.24) is 4.37 Å². The number of hydrogen-bond acceptors (Lipinski definition) is 6. The molecular weight excluding hydrogens is 284 g/mol. The van der Waals surface area contributed by atoms with Crippen molar-refractivity contribution in [2.45, 2.75) is 4.90 Å². The van der Waals surface area contributed by atoms with Gasteiger partial charge < -0.3 is 4.55 Å². The molecule has 0 fully saturated rings. The van der Waals surface area contributed by atoms with Gasteiger partial charge in [-0.05, 0) is 40.8 Å². The Labute approximate surface area is 104 Å². The van der Waals surface area contributed by atoms with Crippen molar-refractivity contribution < 1.29 is 17.2 Å². The van der Waals surface area contributed by atoms with E-state index in [0.717, 1.165) is 17.8 Å². The molecule has 0 amide bonds. The second-order valence-electron chi connectivity index (χ2n) is 3.30. The average Bonchev–Trinajstić information content (AvgIpc) is 2.58. The van der Waals surface area contributed by atoms with Crippen molar-refractivity contribution in [3.63, 3.8) is 0 Å². The molecule has 0 aliphatic rings. The molecule has 1 aromatic carbocycles. The number of hydrogen-bond donors (Lipinski definition) is 1. The van der Waals surface area contributed by atoms with E-state index in [1.54, 1.807) is 0 Å². The van der Waals surface area contributed by atoms with Crippen molar-refractivity contribution in [2.75, 3.05) is 11.0 Å². The molecule has 17 heavy (non-hydrogen) atoms. The number of aromatic nitrogens is 1. The zero-order chi connectivity index (χ0) is 12.6. The fourth-order valence-corrected chi connectivity index (χ4v) is 3.32. The second-order valence-corrected chi connectivity index (χ2v) is 6.76. The molecule has 1 N–H and O–H groups in total. The van der Waals surface area contributed by atoms with Crippen LogP contribution in [0.5, 0.6) is 0 Å². The summed E-state index contributed by atoms with van der Waals surface area (Å²) >= 11 is -1.35. The Morgan fingerprint density at radius 1 is 1.47 bits per heavy atom. The first kappa shape index (κ1) is 12.4. The van der Waals surface area contributed by atoms with Gasteiger partial charge in [-0.25, -0.2) is 8.42 Å². The molecule has 92 valence electrons. The van der Waals surface area contributed by atoms with E-state index in [1.165, 1.54) is 18.2 Å². The lowest BCUT2D eigenvalue weighted by Gasteiger charge is -2.04. The summed E-state index contributed by atoms with van der Waals surface area (Å²) in [6.45, 7) is 0. The predicted molar refractivity (Wildman–Crippen MR) is 65.3 cm³/mol. The molecule has 0 bridgehead atoms. The lowest BCUT2D eigenvalue weighted by Crippen LogP contribution is -2.08. The zero-order valence-electron chi connectivity index (χ0n) is 8.54. The van der Waals surface area contributed by atoms with E-state index in [0.29, 0.717) is 15.9 Å². The smallest absolute Gasteiger partial charge is 0.230 e. The Morgan fingerprint density at radius 3 is 2.76 bits per heavy atom. The predicted octanol–water partition coefficient (Wildman–Crippen LogP) is 0.906. The van der Waals surface area contributed by atoms with Gasteiger partial charge >= 0.3 is 0 Å². The summed E-state index contributed by atoms with van der Waals surface area (Å²) in [4.78, 5) is 0.119. The van der Waals surface area contributed by atoms with Gasteiger partial charge in [-0.2, -0.15) is 4.37 Å². The maximum atomic E-state index is 11.1. The van der Waals surface area contributed by atoms with Gasteiger partial charge in [0.15, 0.2) is 0 Å². The van der Waals surface area contributed by atoms with E-state index < -0.39 is 21.1 Å². The number of nitrogens with one attached hydrogen (secondary N) is 1. The molecule has 0 saturated heterocycles. The SMILES string of the molecule is CS(=O)(=O)Nc1snc2cc(S(=O)[O-])ccc12. The van der Waals surface area contributed by atoms with E-state index in [4.69, 9.17) is 0 Å². The van der Waals surface area contributed by atoms with Crippen LogP contribution in [-0.4, -0.2) is 27.8 Å². The summed E-state index contributed by atoms with van der Waals surface area (Å²) < 4.78 is 50.0. The molecule has 2 rings (SSSR count). The van der Waals surface area contributed by atoms with Crippen LogP contribution in [0.4, 0.5) is 5.00 Å². The van der Waals surface area contributed by atoms with Gasteiger partial charge in [0.05, 0.1) is 11.8 Å². The highest BCUT2D eigenvalue weighted by molar-refractivity contribution is 7.92. The fourth-order valence-electron chi connectivity index (χ4n) is 1.27. The molecule has 0 spiro atoms. The van der Waals surface area contributed by atoms with Crippen LogP contribution < -0.4 is 4.72 Å². The lowest BCUT2D eigenvalue weighted by molar-refractivity contribution is 0.537. The highest BCUT2D eigenvalue weighted by Gasteiger charge is 2.10. The summed E-state index contributed by atoms with van der Waals surface area (Å²) in [7, 11) is -3.37. The maximum absolute atomic E-state index is 11.1. The van der Waals surface area contributed by atoms with E-state index in [-0.39, 0.29) is 4.90 Å². The monoisotopic (exact) mass is 291 g/mol. The molecule has 1 heterocycles. The molecular formula is C8H7N2O4S3-. The summed E-state index contributed by atoms with van der Waals surface area (Å²) in [5.41, 5.74) is 0.447. The number of fused-ring (bicyclic) bond motifs is 1. The fraction of sp³-hybridized carbons (Fsp3) is 0.125. The Hall–Kier alpha value is -1.03. The number of anilines is 1. The quantitative estimate of drug-likeness (QED) is 0.847. The van der Waals surface area contributed by atoms with Crippen LogP contribution >= 0.6 is 11.5 Å². The topological polar surface area (TPSA) is 99.2 Å². The summed E-state index contributed by atoms with van der Waals surface area (Å²) in [5.74, 6) is 0. The van der Waals surface area contributed by atoms with Gasteiger partial charge in [-0.3, -0.25) is 8.93 Å². The van der Waals surface area contributed by atoms with Crippen molar-refractivity contribution in [2.24, 2.45) is 0 Å². The molecule has 0 radical (unpaired) electrons. The van der Waals surface area contributed by atoms with E-state index in [1.807, 2.05) is 0 Å². The highest BCUT2D eigenvalue weighted by Crippen LogP contribution is 2.29. The van der Waals surface area contributed by atoms with E-state index >= 15 is 0 Å². The van der Waals surface area contributed by atoms with Crippen molar-refractivity contribution >= 4 is 48.5 Å². The second kappa shape index (κ2) is 4.33. The first-order valence-electron chi connectivity index (χ1n) is 4.33. The van der Waals surface area contributed by atoms with E-state index in [2.05, 4.69) is 9.10 Å². The number of rotatable bonds is 3. The third kappa shape index (κ3) is 2.80.